The molecule has 1 aliphatic carbocycles. The van der Waals surface area contributed by atoms with Gasteiger partial charge in [0.2, 0.25) is 5.91 Å². The van der Waals surface area contributed by atoms with E-state index in [2.05, 4.69) is 21.2 Å². The van der Waals surface area contributed by atoms with E-state index in [1.165, 1.54) is 6.92 Å². The zero-order valence-corrected chi connectivity index (χ0v) is 10.6. The van der Waals surface area contributed by atoms with E-state index in [1.807, 2.05) is 24.3 Å². The number of hydrogen-bond donors (Lipinski definition) is 2. The standard InChI is InChI=1S/C12H14BrNO2/c1-8(15)11(16)14-12(6-7-12)9-2-4-10(13)5-3-9/h2-5,8,15H,6-7H2,1H3,(H,14,16). The van der Waals surface area contributed by atoms with Gasteiger partial charge < -0.3 is 10.4 Å². The number of halogens is 1. The molecule has 1 amide bonds. The Labute approximate surface area is 103 Å². The molecule has 1 atom stereocenters. The molecule has 1 aromatic carbocycles. The second-order valence-corrected chi connectivity index (χ2v) is 5.17. The lowest BCUT2D eigenvalue weighted by Crippen LogP contribution is -2.40. The summed E-state index contributed by atoms with van der Waals surface area (Å²) in [7, 11) is 0. The SMILES string of the molecule is CC(O)C(=O)NC1(c2ccc(Br)cc2)CC1. The van der Waals surface area contributed by atoms with Crippen molar-refractivity contribution in [3.63, 3.8) is 0 Å². The monoisotopic (exact) mass is 283 g/mol. The molecular formula is C12H14BrNO2. The topological polar surface area (TPSA) is 49.3 Å². The molecule has 2 rings (SSSR count). The van der Waals surface area contributed by atoms with E-state index >= 15 is 0 Å². The molecule has 1 fully saturated rings. The molecule has 0 spiro atoms. The van der Waals surface area contributed by atoms with Crippen molar-refractivity contribution in [2.75, 3.05) is 0 Å². The number of aliphatic hydroxyl groups excluding tert-OH is 1. The highest BCUT2D eigenvalue weighted by molar-refractivity contribution is 9.10. The molecule has 4 heteroatoms. The predicted octanol–water partition coefficient (Wildman–Crippen LogP) is 1.94. The van der Waals surface area contributed by atoms with Gasteiger partial charge in [0.25, 0.3) is 0 Å². The van der Waals surface area contributed by atoms with Gasteiger partial charge in [0.05, 0.1) is 5.54 Å². The maximum absolute atomic E-state index is 11.5. The van der Waals surface area contributed by atoms with Crippen LogP contribution in [0.1, 0.15) is 25.3 Å². The van der Waals surface area contributed by atoms with Crippen LogP contribution in [0.4, 0.5) is 0 Å². The maximum Gasteiger partial charge on any atom is 0.249 e. The fourth-order valence-electron chi connectivity index (χ4n) is 1.72. The predicted molar refractivity (Wildman–Crippen MR) is 64.9 cm³/mol. The minimum absolute atomic E-state index is 0.241. The first-order chi connectivity index (χ1) is 7.53. The van der Waals surface area contributed by atoms with Crippen molar-refractivity contribution in [2.24, 2.45) is 0 Å². The third kappa shape index (κ3) is 2.28. The summed E-state index contributed by atoms with van der Waals surface area (Å²) in [5.41, 5.74) is 0.860. The van der Waals surface area contributed by atoms with Crippen LogP contribution >= 0.6 is 15.9 Å². The van der Waals surface area contributed by atoms with Gasteiger partial charge in [-0.25, -0.2) is 0 Å². The minimum atomic E-state index is -0.951. The van der Waals surface area contributed by atoms with Gasteiger partial charge in [-0.1, -0.05) is 28.1 Å². The van der Waals surface area contributed by atoms with Crippen LogP contribution in [0.2, 0.25) is 0 Å². The largest absolute Gasteiger partial charge is 0.384 e. The lowest BCUT2D eigenvalue weighted by atomic mass is 10.0. The van der Waals surface area contributed by atoms with Crippen LogP contribution in [-0.4, -0.2) is 17.1 Å². The summed E-state index contributed by atoms with van der Waals surface area (Å²) in [6.45, 7) is 1.48. The lowest BCUT2D eigenvalue weighted by molar-refractivity contribution is -0.129. The van der Waals surface area contributed by atoms with Crippen molar-refractivity contribution >= 4 is 21.8 Å². The quantitative estimate of drug-likeness (QED) is 0.891. The van der Waals surface area contributed by atoms with Crippen molar-refractivity contribution in [3.8, 4) is 0 Å². The first-order valence-electron chi connectivity index (χ1n) is 5.30. The molecule has 2 N–H and O–H groups in total. The Kier molecular flexibility index (Phi) is 3.04. The number of aliphatic hydroxyl groups is 1. The number of nitrogens with one attached hydrogen (secondary N) is 1. The van der Waals surface area contributed by atoms with Crippen LogP contribution < -0.4 is 5.32 Å². The van der Waals surface area contributed by atoms with Crippen molar-refractivity contribution in [3.05, 3.63) is 34.3 Å². The van der Waals surface area contributed by atoms with E-state index in [-0.39, 0.29) is 11.4 Å². The van der Waals surface area contributed by atoms with E-state index in [0.717, 1.165) is 22.9 Å². The van der Waals surface area contributed by atoms with Gasteiger partial charge in [-0.3, -0.25) is 4.79 Å². The molecular weight excluding hydrogens is 270 g/mol. The summed E-state index contributed by atoms with van der Waals surface area (Å²) in [4.78, 5) is 11.5. The summed E-state index contributed by atoms with van der Waals surface area (Å²) in [5, 5.41) is 12.1. The molecule has 1 unspecified atom stereocenters. The summed E-state index contributed by atoms with van der Waals surface area (Å²) in [5.74, 6) is -0.305. The second-order valence-electron chi connectivity index (χ2n) is 4.25. The zero-order valence-electron chi connectivity index (χ0n) is 9.03. The van der Waals surface area contributed by atoms with E-state index in [1.54, 1.807) is 0 Å². The zero-order chi connectivity index (χ0) is 11.8. The molecule has 3 nitrogen and oxygen atoms in total. The van der Waals surface area contributed by atoms with Gasteiger partial charge in [0.15, 0.2) is 0 Å². The van der Waals surface area contributed by atoms with E-state index in [9.17, 15) is 9.90 Å². The molecule has 86 valence electrons. The van der Waals surface area contributed by atoms with Crippen molar-refractivity contribution in [1.29, 1.82) is 0 Å². The van der Waals surface area contributed by atoms with Crippen LogP contribution in [0.15, 0.2) is 28.7 Å². The van der Waals surface area contributed by atoms with Gasteiger partial charge in [-0.2, -0.15) is 0 Å². The Hall–Kier alpha value is -0.870. The summed E-state index contributed by atoms with van der Waals surface area (Å²) < 4.78 is 1.02. The third-order valence-corrected chi connectivity index (χ3v) is 3.42. The molecule has 0 saturated heterocycles. The van der Waals surface area contributed by atoms with Crippen molar-refractivity contribution in [2.45, 2.75) is 31.4 Å². The van der Waals surface area contributed by atoms with Gasteiger partial charge in [0.1, 0.15) is 6.10 Å². The molecule has 0 radical (unpaired) electrons. The normalized spacial score (nSPS) is 18.9. The summed E-state index contributed by atoms with van der Waals surface area (Å²) in [6, 6.07) is 7.92. The van der Waals surface area contributed by atoms with Crippen LogP contribution in [0.25, 0.3) is 0 Å². The number of rotatable bonds is 3. The maximum atomic E-state index is 11.5. The summed E-state index contributed by atoms with van der Waals surface area (Å²) >= 11 is 3.38. The highest BCUT2D eigenvalue weighted by atomic mass is 79.9. The van der Waals surface area contributed by atoms with E-state index in [4.69, 9.17) is 0 Å². The Balaban J connectivity index is 2.14. The molecule has 0 aliphatic heterocycles. The van der Waals surface area contributed by atoms with Crippen molar-refractivity contribution < 1.29 is 9.90 Å². The molecule has 0 bridgehead atoms. The smallest absolute Gasteiger partial charge is 0.249 e. The van der Waals surface area contributed by atoms with Crippen LogP contribution in [0, 0.1) is 0 Å². The second kappa shape index (κ2) is 4.18. The summed E-state index contributed by atoms with van der Waals surface area (Å²) in [6.07, 6.45) is 0.924. The molecule has 0 aromatic heterocycles. The van der Waals surface area contributed by atoms with Crippen LogP contribution in [0.3, 0.4) is 0 Å². The highest BCUT2D eigenvalue weighted by Gasteiger charge is 2.45. The average molecular weight is 284 g/mol. The van der Waals surface area contributed by atoms with Crippen molar-refractivity contribution in [1.82, 2.24) is 5.32 Å². The average Bonchev–Trinajstić information content (AvgIpc) is 2.99. The third-order valence-electron chi connectivity index (χ3n) is 2.89. The first-order valence-corrected chi connectivity index (χ1v) is 6.09. The molecule has 1 saturated carbocycles. The number of carbonyl (C=O) groups is 1. The van der Waals surface area contributed by atoms with Gasteiger partial charge >= 0.3 is 0 Å². The van der Waals surface area contributed by atoms with E-state index in [0.29, 0.717) is 0 Å². The fourth-order valence-corrected chi connectivity index (χ4v) is 1.98. The van der Waals surface area contributed by atoms with Crippen LogP contribution in [-0.2, 0) is 10.3 Å². The van der Waals surface area contributed by atoms with Crippen LogP contribution in [0.5, 0.6) is 0 Å². The number of amides is 1. The Morgan fingerprint density at radius 1 is 1.44 bits per heavy atom. The number of benzene rings is 1. The van der Waals surface area contributed by atoms with Gasteiger partial charge in [0, 0.05) is 4.47 Å². The van der Waals surface area contributed by atoms with Gasteiger partial charge in [-0.15, -0.1) is 0 Å². The van der Waals surface area contributed by atoms with E-state index < -0.39 is 6.10 Å². The Bertz CT molecular complexity index is 396. The first kappa shape index (κ1) is 11.6. The molecule has 1 aromatic rings. The minimum Gasteiger partial charge on any atom is -0.384 e. The van der Waals surface area contributed by atoms with Gasteiger partial charge in [-0.05, 0) is 37.5 Å². The molecule has 1 aliphatic rings. The Morgan fingerprint density at radius 2 is 2.00 bits per heavy atom. The Morgan fingerprint density at radius 3 is 2.44 bits per heavy atom. The molecule has 0 heterocycles. The fraction of sp³-hybridized carbons (Fsp3) is 0.417. The number of hydrogen-bond acceptors (Lipinski definition) is 2. The lowest BCUT2D eigenvalue weighted by Gasteiger charge is -2.19. The molecule has 16 heavy (non-hydrogen) atoms. The highest BCUT2D eigenvalue weighted by Crippen LogP contribution is 2.45. The number of carbonyl (C=O) groups excluding carboxylic acids is 1.